The van der Waals surface area contributed by atoms with Gasteiger partial charge in [-0.25, -0.2) is 4.98 Å². The van der Waals surface area contributed by atoms with Crippen LogP contribution in [-0.4, -0.2) is 45.9 Å². The number of hydrogen-bond donors (Lipinski definition) is 0. The molecule has 1 aromatic heterocycles. The molecule has 2 heterocycles. The fourth-order valence-electron chi connectivity index (χ4n) is 4.75. The Bertz CT molecular complexity index is 1200. The number of nitrogens with zero attached hydrogens (tertiary/aromatic N) is 4. The van der Waals surface area contributed by atoms with E-state index >= 15 is 0 Å². The van der Waals surface area contributed by atoms with Crippen LogP contribution in [0.25, 0.3) is 11.0 Å². The molecule has 1 saturated heterocycles. The molecule has 2 aromatic carbocycles. The fourth-order valence-corrected chi connectivity index (χ4v) is 4.75. The summed E-state index contributed by atoms with van der Waals surface area (Å²) in [6.07, 6.45) is 7.19. The van der Waals surface area contributed by atoms with E-state index in [0.29, 0.717) is 26.1 Å². The van der Waals surface area contributed by atoms with Crippen molar-refractivity contribution in [2.75, 3.05) is 24.5 Å². The average molecular weight is 471 g/mol. The number of para-hydroxylation sites is 2. The summed E-state index contributed by atoms with van der Waals surface area (Å²) in [6, 6.07) is 16.1. The molecule has 0 aliphatic carbocycles. The lowest BCUT2D eigenvalue weighted by molar-refractivity contribution is -0.130. The highest BCUT2D eigenvalue weighted by Crippen LogP contribution is 2.33. The van der Waals surface area contributed by atoms with Gasteiger partial charge in [-0.3, -0.25) is 9.59 Å². The molecule has 2 amide bonds. The first kappa shape index (κ1) is 24.5. The third-order valence-corrected chi connectivity index (χ3v) is 6.59. The zero-order valence-electron chi connectivity index (χ0n) is 20.5. The predicted molar refractivity (Wildman–Crippen MR) is 141 cm³/mol. The Kier molecular flexibility index (Phi) is 7.80. The van der Waals surface area contributed by atoms with Gasteiger partial charge in [0.05, 0.1) is 11.0 Å². The van der Waals surface area contributed by atoms with Crippen molar-refractivity contribution < 1.29 is 9.59 Å². The fraction of sp³-hybridized carbons (Fsp3) is 0.345. The van der Waals surface area contributed by atoms with Gasteiger partial charge >= 0.3 is 0 Å². The van der Waals surface area contributed by atoms with Crippen molar-refractivity contribution in [3.05, 3.63) is 85.2 Å². The Balaban J connectivity index is 1.60. The lowest BCUT2D eigenvalue weighted by Gasteiger charge is -2.21. The number of aromatic nitrogens is 2. The second kappa shape index (κ2) is 11.2. The van der Waals surface area contributed by atoms with Crippen molar-refractivity contribution in [2.24, 2.45) is 0 Å². The number of aryl methyl sites for hydroxylation is 1. The van der Waals surface area contributed by atoms with E-state index in [1.807, 2.05) is 45.9 Å². The number of carbonyl (C=O) groups is 2. The number of hydrogen-bond acceptors (Lipinski definition) is 3. The van der Waals surface area contributed by atoms with E-state index in [2.05, 4.69) is 32.2 Å². The second-order valence-corrected chi connectivity index (χ2v) is 9.10. The van der Waals surface area contributed by atoms with Gasteiger partial charge in [0.15, 0.2) is 0 Å². The molecule has 1 fully saturated rings. The SMILES string of the molecule is C=CCN(CC=C)C(=O)Cn1c(C2CC(=O)N(c3ccc(CCCC)cc3)C2)nc2ccccc21. The molecule has 1 atom stereocenters. The summed E-state index contributed by atoms with van der Waals surface area (Å²) in [4.78, 5) is 34.6. The zero-order chi connectivity index (χ0) is 24.8. The molecule has 0 saturated carbocycles. The van der Waals surface area contributed by atoms with Crippen molar-refractivity contribution in [3.8, 4) is 0 Å². The van der Waals surface area contributed by atoms with E-state index in [0.717, 1.165) is 41.8 Å². The molecule has 3 aromatic rings. The average Bonchev–Trinajstić information content (AvgIpc) is 3.43. The van der Waals surface area contributed by atoms with Crippen LogP contribution in [0.3, 0.4) is 0 Å². The van der Waals surface area contributed by atoms with Gasteiger partial charge in [0.2, 0.25) is 11.8 Å². The molecular formula is C29H34N4O2. The first-order valence-corrected chi connectivity index (χ1v) is 12.4. The number of fused-ring (bicyclic) bond motifs is 1. The van der Waals surface area contributed by atoms with E-state index in [1.165, 1.54) is 5.56 Å². The molecule has 0 bridgehead atoms. The van der Waals surface area contributed by atoms with Crippen molar-refractivity contribution in [3.63, 3.8) is 0 Å². The molecule has 1 aliphatic heterocycles. The first-order chi connectivity index (χ1) is 17.0. The molecule has 6 nitrogen and oxygen atoms in total. The maximum atomic E-state index is 13.2. The van der Waals surface area contributed by atoms with Gasteiger partial charge in [-0.2, -0.15) is 0 Å². The number of imidazole rings is 1. The molecule has 0 radical (unpaired) electrons. The highest BCUT2D eigenvalue weighted by molar-refractivity contribution is 5.96. The van der Waals surface area contributed by atoms with Crippen molar-refractivity contribution in [1.29, 1.82) is 0 Å². The molecule has 182 valence electrons. The van der Waals surface area contributed by atoms with Crippen molar-refractivity contribution >= 4 is 28.5 Å². The second-order valence-electron chi connectivity index (χ2n) is 9.10. The largest absolute Gasteiger partial charge is 0.334 e. The Morgan fingerprint density at radius 2 is 1.83 bits per heavy atom. The van der Waals surface area contributed by atoms with Crippen LogP contribution in [0.15, 0.2) is 73.8 Å². The molecule has 0 spiro atoms. The molecular weight excluding hydrogens is 436 g/mol. The van der Waals surface area contributed by atoms with E-state index in [-0.39, 0.29) is 24.3 Å². The number of anilines is 1. The molecule has 4 rings (SSSR count). The van der Waals surface area contributed by atoms with Crippen LogP contribution in [0, 0.1) is 0 Å². The van der Waals surface area contributed by atoms with Crippen LogP contribution >= 0.6 is 0 Å². The third-order valence-electron chi connectivity index (χ3n) is 6.59. The van der Waals surface area contributed by atoms with Gasteiger partial charge in [-0.1, -0.05) is 49.8 Å². The smallest absolute Gasteiger partial charge is 0.243 e. The number of benzene rings is 2. The van der Waals surface area contributed by atoms with Crippen LogP contribution in [0.5, 0.6) is 0 Å². The minimum absolute atomic E-state index is 0.0296. The maximum absolute atomic E-state index is 13.2. The summed E-state index contributed by atoms with van der Waals surface area (Å²) in [6.45, 7) is 11.3. The molecule has 1 unspecified atom stereocenters. The zero-order valence-corrected chi connectivity index (χ0v) is 20.5. The molecule has 1 aliphatic rings. The standard InChI is InChI=1S/C29H34N4O2/c1-4-7-10-22-13-15-24(16-14-22)32-20-23(19-27(32)34)29-30-25-11-8-9-12-26(25)33(29)21-28(35)31(17-5-2)18-6-3/h5-6,8-9,11-16,23H,2-4,7,10,17-21H2,1H3. The third kappa shape index (κ3) is 5.37. The van der Waals surface area contributed by atoms with E-state index in [1.54, 1.807) is 17.1 Å². The summed E-state index contributed by atoms with van der Waals surface area (Å²) in [5, 5.41) is 0. The van der Waals surface area contributed by atoms with Gasteiger partial charge in [0, 0.05) is 37.7 Å². The molecule has 0 N–H and O–H groups in total. The molecule has 35 heavy (non-hydrogen) atoms. The summed E-state index contributed by atoms with van der Waals surface area (Å²) in [5.41, 5.74) is 3.95. The summed E-state index contributed by atoms with van der Waals surface area (Å²) in [5.74, 6) is 0.751. The quantitative estimate of drug-likeness (QED) is 0.366. The maximum Gasteiger partial charge on any atom is 0.243 e. The molecule has 6 heteroatoms. The summed E-state index contributed by atoms with van der Waals surface area (Å²) < 4.78 is 1.98. The highest BCUT2D eigenvalue weighted by atomic mass is 16.2. The van der Waals surface area contributed by atoms with E-state index in [4.69, 9.17) is 4.98 Å². The summed E-state index contributed by atoms with van der Waals surface area (Å²) >= 11 is 0. The van der Waals surface area contributed by atoms with Crippen LogP contribution in [0.1, 0.15) is 43.5 Å². The van der Waals surface area contributed by atoms with Crippen molar-refractivity contribution in [2.45, 2.75) is 45.1 Å². The topological polar surface area (TPSA) is 58.4 Å². The Labute approximate surface area is 207 Å². The lowest BCUT2D eigenvalue weighted by Crippen LogP contribution is -2.34. The van der Waals surface area contributed by atoms with Crippen LogP contribution in [-0.2, 0) is 22.6 Å². The minimum atomic E-state index is -0.0882. The van der Waals surface area contributed by atoms with E-state index < -0.39 is 0 Å². The van der Waals surface area contributed by atoms with Crippen molar-refractivity contribution in [1.82, 2.24) is 14.5 Å². The number of unbranched alkanes of at least 4 members (excludes halogenated alkanes) is 1. The Morgan fingerprint density at radius 3 is 2.51 bits per heavy atom. The number of rotatable bonds is 11. The van der Waals surface area contributed by atoms with Gasteiger partial charge < -0.3 is 14.4 Å². The van der Waals surface area contributed by atoms with Crippen LogP contribution < -0.4 is 4.90 Å². The van der Waals surface area contributed by atoms with Crippen LogP contribution in [0.2, 0.25) is 0 Å². The predicted octanol–water partition coefficient (Wildman–Crippen LogP) is 5.10. The normalized spacial score (nSPS) is 15.5. The Hall–Kier alpha value is -3.67. The van der Waals surface area contributed by atoms with Crippen LogP contribution in [0.4, 0.5) is 5.69 Å². The Morgan fingerprint density at radius 1 is 1.11 bits per heavy atom. The van der Waals surface area contributed by atoms with Gasteiger partial charge in [0.1, 0.15) is 12.4 Å². The van der Waals surface area contributed by atoms with Gasteiger partial charge in [-0.05, 0) is 42.7 Å². The minimum Gasteiger partial charge on any atom is -0.334 e. The summed E-state index contributed by atoms with van der Waals surface area (Å²) in [7, 11) is 0. The van der Waals surface area contributed by atoms with Gasteiger partial charge in [0.25, 0.3) is 0 Å². The lowest BCUT2D eigenvalue weighted by atomic mass is 10.1. The highest BCUT2D eigenvalue weighted by Gasteiger charge is 2.35. The van der Waals surface area contributed by atoms with E-state index in [9.17, 15) is 9.59 Å². The number of carbonyl (C=O) groups excluding carboxylic acids is 2. The number of amides is 2. The first-order valence-electron chi connectivity index (χ1n) is 12.4. The monoisotopic (exact) mass is 470 g/mol. The van der Waals surface area contributed by atoms with Gasteiger partial charge in [-0.15, -0.1) is 13.2 Å².